The predicted molar refractivity (Wildman–Crippen MR) is 102 cm³/mol. The normalized spacial score (nSPS) is 11.0. The van der Waals surface area contributed by atoms with Crippen LogP contribution in [0.2, 0.25) is 0 Å². The number of thiophene rings is 1. The number of aryl methyl sites for hydroxylation is 1. The van der Waals surface area contributed by atoms with Crippen LogP contribution >= 0.6 is 11.3 Å². The molecule has 0 radical (unpaired) electrons. The van der Waals surface area contributed by atoms with E-state index in [9.17, 15) is 4.79 Å². The van der Waals surface area contributed by atoms with E-state index in [0.29, 0.717) is 31.1 Å². The van der Waals surface area contributed by atoms with Crippen molar-refractivity contribution >= 4 is 17.2 Å². The van der Waals surface area contributed by atoms with Gasteiger partial charge in [0.2, 0.25) is 17.6 Å². The number of amides is 1. The molecule has 6 nitrogen and oxygen atoms in total. The fraction of sp³-hybridized carbons (Fsp3) is 0.316. The highest BCUT2D eigenvalue weighted by Gasteiger charge is 2.11. The fourth-order valence-corrected chi connectivity index (χ4v) is 3.23. The van der Waals surface area contributed by atoms with Gasteiger partial charge in [0.15, 0.2) is 0 Å². The van der Waals surface area contributed by atoms with E-state index in [-0.39, 0.29) is 5.91 Å². The van der Waals surface area contributed by atoms with Gasteiger partial charge in [-0.15, -0.1) is 0 Å². The van der Waals surface area contributed by atoms with Crippen LogP contribution in [0.3, 0.4) is 0 Å². The van der Waals surface area contributed by atoms with E-state index in [1.165, 1.54) is 5.56 Å². The Morgan fingerprint density at radius 1 is 1.23 bits per heavy atom. The van der Waals surface area contributed by atoms with Crippen LogP contribution in [0.25, 0.3) is 11.4 Å². The van der Waals surface area contributed by atoms with Crippen molar-refractivity contribution in [2.24, 2.45) is 0 Å². The second-order valence-electron chi connectivity index (χ2n) is 6.31. The fourth-order valence-electron chi connectivity index (χ4n) is 2.59. The van der Waals surface area contributed by atoms with Crippen molar-refractivity contribution in [1.29, 1.82) is 0 Å². The van der Waals surface area contributed by atoms with Gasteiger partial charge in [-0.2, -0.15) is 16.3 Å². The quantitative estimate of drug-likeness (QED) is 0.660. The molecule has 2 heterocycles. The number of nitrogens with zero attached hydrogens (tertiary/aromatic N) is 3. The summed E-state index contributed by atoms with van der Waals surface area (Å²) >= 11 is 1.58. The zero-order valence-electron chi connectivity index (χ0n) is 14.9. The lowest BCUT2D eigenvalue weighted by Crippen LogP contribution is -2.24. The molecule has 0 saturated heterocycles. The first-order valence-electron chi connectivity index (χ1n) is 8.45. The molecule has 0 fully saturated rings. The van der Waals surface area contributed by atoms with Crippen LogP contribution in [-0.2, 0) is 24.3 Å². The van der Waals surface area contributed by atoms with Crippen LogP contribution in [0.5, 0.6) is 0 Å². The monoisotopic (exact) mass is 370 g/mol. The molecule has 0 saturated carbocycles. The van der Waals surface area contributed by atoms with Gasteiger partial charge in [-0.25, -0.2) is 0 Å². The first-order chi connectivity index (χ1) is 12.6. The topological polar surface area (TPSA) is 71.3 Å². The summed E-state index contributed by atoms with van der Waals surface area (Å²) in [6, 6.07) is 10.1. The molecule has 7 heteroatoms. The van der Waals surface area contributed by atoms with Crippen molar-refractivity contribution in [1.82, 2.24) is 20.4 Å². The average molecular weight is 370 g/mol. The van der Waals surface area contributed by atoms with Crippen molar-refractivity contribution < 1.29 is 9.32 Å². The van der Waals surface area contributed by atoms with Crippen LogP contribution in [-0.4, -0.2) is 35.0 Å². The van der Waals surface area contributed by atoms with Crippen LogP contribution in [0, 0.1) is 0 Å². The minimum Gasteiger partial charge on any atom is -0.352 e. The van der Waals surface area contributed by atoms with Crippen molar-refractivity contribution in [3.8, 4) is 11.4 Å². The summed E-state index contributed by atoms with van der Waals surface area (Å²) in [4.78, 5) is 18.6. The molecule has 0 unspecified atom stereocenters. The molecule has 3 aromatic rings. The lowest BCUT2D eigenvalue weighted by Gasteiger charge is -2.14. The number of nitrogens with one attached hydrogen (secondary N) is 1. The Hall–Kier alpha value is -2.51. The molecular formula is C19H22N4O2S. The van der Waals surface area contributed by atoms with Crippen LogP contribution in [0.1, 0.15) is 23.4 Å². The average Bonchev–Trinajstić information content (AvgIpc) is 3.30. The number of rotatable bonds is 8. The second kappa shape index (κ2) is 8.73. The Kier molecular flexibility index (Phi) is 6.14. The largest absolute Gasteiger partial charge is 0.352 e. The molecule has 1 N–H and O–H groups in total. The van der Waals surface area contributed by atoms with Gasteiger partial charge in [0.25, 0.3) is 0 Å². The van der Waals surface area contributed by atoms with E-state index in [4.69, 9.17) is 4.52 Å². The van der Waals surface area contributed by atoms with Crippen molar-refractivity contribution in [3.63, 3.8) is 0 Å². The van der Waals surface area contributed by atoms with Gasteiger partial charge in [-0.05, 0) is 36.7 Å². The molecule has 0 spiro atoms. The summed E-state index contributed by atoms with van der Waals surface area (Å²) in [5.74, 6) is 1.02. The third-order valence-corrected chi connectivity index (χ3v) is 4.58. The Balaban J connectivity index is 1.49. The Bertz CT molecular complexity index is 843. The smallest absolute Gasteiger partial charge is 0.227 e. The number of benzene rings is 1. The lowest BCUT2D eigenvalue weighted by atomic mass is 10.1. The summed E-state index contributed by atoms with van der Waals surface area (Å²) in [6.45, 7) is 1.37. The summed E-state index contributed by atoms with van der Waals surface area (Å²) in [7, 11) is 4.06. The molecular weight excluding hydrogens is 348 g/mol. The first-order valence-corrected chi connectivity index (χ1v) is 9.39. The van der Waals surface area contributed by atoms with Crippen molar-refractivity contribution in [3.05, 3.63) is 58.1 Å². The van der Waals surface area contributed by atoms with E-state index >= 15 is 0 Å². The molecule has 1 aromatic carbocycles. The third-order valence-electron chi connectivity index (χ3n) is 3.89. The highest BCUT2D eigenvalue weighted by Crippen LogP contribution is 2.19. The van der Waals surface area contributed by atoms with Crippen LogP contribution < -0.4 is 5.32 Å². The molecule has 136 valence electrons. The predicted octanol–water partition coefficient (Wildman–Crippen LogP) is 3.11. The van der Waals surface area contributed by atoms with E-state index in [0.717, 1.165) is 17.7 Å². The minimum absolute atomic E-state index is 0.0278. The van der Waals surface area contributed by atoms with Gasteiger partial charge in [0.1, 0.15) is 0 Å². The zero-order chi connectivity index (χ0) is 18.4. The Labute approximate surface area is 156 Å². The molecule has 1 amide bonds. The highest BCUT2D eigenvalue weighted by atomic mass is 32.1. The van der Waals surface area contributed by atoms with Gasteiger partial charge in [0, 0.05) is 36.9 Å². The maximum Gasteiger partial charge on any atom is 0.227 e. The van der Waals surface area contributed by atoms with Gasteiger partial charge < -0.3 is 14.7 Å². The van der Waals surface area contributed by atoms with Crippen molar-refractivity contribution in [2.75, 3.05) is 14.1 Å². The maximum atomic E-state index is 12.1. The van der Waals surface area contributed by atoms with Gasteiger partial charge >= 0.3 is 0 Å². The molecule has 26 heavy (non-hydrogen) atoms. The molecule has 0 bridgehead atoms. The maximum absolute atomic E-state index is 12.1. The summed E-state index contributed by atoms with van der Waals surface area (Å²) in [6.07, 6.45) is 0.753. The molecule has 0 aliphatic rings. The zero-order valence-corrected chi connectivity index (χ0v) is 15.8. The van der Waals surface area contributed by atoms with Gasteiger partial charge in [-0.1, -0.05) is 29.4 Å². The van der Waals surface area contributed by atoms with Crippen LogP contribution in [0.15, 0.2) is 45.6 Å². The summed E-state index contributed by atoms with van der Waals surface area (Å²) in [5.41, 5.74) is 3.29. The van der Waals surface area contributed by atoms with Crippen molar-refractivity contribution in [2.45, 2.75) is 25.9 Å². The van der Waals surface area contributed by atoms with E-state index < -0.39 is 0 Å². The SMILES string of the molecule is CN(C)Cc1ccccc1CNC(=O)CCc1nc(-c2ccsc2)no1. The van der Waals surface area contributed by atoms with E-state index in [1.807, 2.05) is 49.1 Å². The van der Waals surface area contributed by atoms with E-state index in [1.54, 1.807) is 11.3 Å². The Morgan fingerprint density at radius 2 is 2.04 bits per heavy atom. The standard InChI is InChI=1S/C19H22N4O2S/c1-23(2)12-15-6-4-3-5-14(15)11-20-17(24)7-8-18-21-19(22-25-18)16-9-10-26-13-16/h3-6,9-10,13H,7-8,11-12H2,1-2H3,(H,20,24). The van der Waals surface area contributed by atoms with Gasteiger partial charge in [-0.3, -0.25) is 4.79 Å². The number of hydrogen-bond acceptors (Lipinski definition) is 6. The first kappa shape index (κ1) is 18.3. The Morgan fingerprint density at radius 3 is 2.77 bits per heavy atom. The molecule has 0 atom stereocenters. The second-order valence-corrected chi connectivity index (χ2v) is 7.09. The lowest BCUT2D eigenvalue weighted by molar-refractivity contribution is -0.121. The highest BCUT2D eigenvalue weighted by molar-refractivity contribution is 7.08. The van der Waals surface area contributed by atoms with E-state index in [2.05, 4.69) is 26.4 Å². The summed E-state index contributed by atoms with van der Waals surface area (Å²) < 4.78 is 5.22. The molecule has 0 aliphatic heterocycles. The number of aromatic nitrogens is 2. The number of hydrogen-bond donors (Lipinski definition) is 1. The van der Waals surface area contributed by atoms with Crippen LogP contribution in [0.4, 0.5) is 0 Å². The summed E-state index contributed by atoms with van der Waals surface area (Å²) in [5, 5.41) is 10.9. The number of carbonyl (C=O) groups is 1. The minimum atomic E-state index is -0.0278. The molecule has 3 rings (SSSR count). The molecule has 0 aliphatic carbocycles. The molecule has 2 aromatic heterocycles. The third kappa shape index (κ3) is 5.00. The van der Waals surface area contributed by atoms with Gasteiger partial charge in [0.05, 0.1) is 0 Å². The number of carbonyl (C=O) groups excluding carboxylic acids is 1.